The first-order valence-electron chi connectivity index (χ1n) is 38.4. The summed E-state index contributed by atoms with van der Waals surface area (Å²) in [5, 5.41) is 0. The number of hydrogen-bond donors (Lipinski definition) is 0. The number of rotatable bonds is 5. The van der Waals surface area contributed by atoms with Gasteiger partial charge in [0.15, 0.2) is 0 Å². The Labute approximate surface area is 544 Å². The van der Waals surface area contributed by atoms with E-state index in [0.29, 0.717) is 27.8 Å². The molecule has 0 aromatic heterocycles. The summed E-state index contributed by atoms with van der Waals surface area (Å²) < 4.78 is 166. The van der Waals surface area contributed by atoms with Crippen LogP contribution in [0, 0.1) is 73.6 Å². The van der Waals surface area contributed by atoms with E-state index >= 15 is 0 Å². The maximum Gasteiger partial charge on any atom is 0.0629 e. The number of benzene rings is 9. The van der Waals surface area contributed by atoms with E-state index in [0.717, 1.165) is 5.92 Å². The quantitative estimate of drug-likeness (QED) is 0.161. The largest absolute Gasteiger partial charge is 0.0776 e. The maximum absolute atomic E-state index is 8.31. The van der Waals surface area contributed by atoms with Crippen molar-refractivity contribution >= 4 is 0 Å². The topological polar surface area (TPSA) is 0 Å². The highest BCUT2D eigenvalue weighted by atomic mass is 14.1. The first kappa shape index (κ1) is 47.4. The Kier molecular flexibility index (Phi) is 26.5. The van der Waals surface area contributed by atoms with E-state index in [-0.39, 0.29) is 99.4 Å². The van der Waals surface area contributed by atoms with Gasteiger partial charge in [-0.2, -0.15) is 0 Å². The molecule has 0 spiro atoms. The average Bonchev–Trinajstić information content (AvgIpc) is 0.699. The predicted octanol–water partition coefficient (Wildman–Crippen LogP) is 27.1. The highest BCUT2D eigenvalue weighted by Crippen LogP contribution is 2.33. The second-order valence-electron chi connectivity index (χ2n) is 19.9. The summed E-state index contributed by atoms with van der Waals surface area (Å²) in [7, 11) is 0. The van der Waals surface area contributed by atoms with Crippen molar-refractivity contribution in [1.29, 1.82) is 0 Å². The van der Waals surface area contributed by atoms with Crippen LogP contribution in [0.25, 0.3) is 44.5 Å². The zero-order chi connectivity index (χ0) is 79.1. The van der Waals surface area contributed by atoms with Gasteiger partial charge in [0.1, 0.15) is 0 Å². The number of hydrogen-bond acceptors (Lipinski definition) is 0. The van der Waals surface area contributed by atoms with Crippen molar-refractivity contribution in [3.8, 4) is 44.5 Å². The standard InChI is InChI=1S/C20H18.C19H16.C9H12.C8H10.C7H8.C6H14.2C4H10.C3H8.3CH4/c1-15-11-13-18(14-12-15)20-10-6-9-19(16(20)2)17-7-4-3-5-8-17;1-15-18(16-9-4-2-5-10-16)13-8-14-19(15)17-11-6-3-7-12-17;1-7-5-4-6-8(2)9(7)3;1-7-4-3-5-8(2)6-7;1-7-5-3-2-4-6-7;1-5-6(2,3)4;1-4(2)3;1-3-4-2;1-3-2;;;/h3-14H,1-2H3;2-14H,1H3;4-6H,1-3H3;3-6H,1-2H3;2-6H,1H3;5H2,1-4H3;4H,1-3H3;3-4H2,1-2H3;3H2,1-2H3;3*1H4/i3D,4D,5D,7D,8D,11D,12D,13D,14D;;;3D,4D,5D,6D;;2D3,5D2;;3D2,4D2;;;;. The van der Waals surface area contributed by atoms with Crippen LogP contribution < -0.4 is 0 Å². The van der Waals surface area contributed by atoms with Gasteiger partial charge < -0.3 is 0 Å². The summed E-state index contributed by atoms with van der Waals surface area (Å²) in [5.74, 6) is 0.833. The van der Waals surface area contributed by atoms with E-state index in [1.807, 2.05) is 18.2 Å². The first-order valence-corrected chi connectivity index (χ1v) is 27.4. The van der Waals surface area contributed by atoms with Crippen LogP contribution in [0.2, 0.25) is 0 Å². The summed E-state index contributed by atoms with van der Waals surface area (Å²) >= 11 is 0. The summed E-state index contributed by atoms with van der Waals surface area (Å²) in [6.07, 6.45) is -3.89. The van der Waals surface area contributed by atoms with Crippen molar-refractivity contribution in [3.63, 3.8) is 0 Å². The third-order valence-corrected chi connectivity index (χ3v) is 11.2. The Balaban J connectivity index is -0.00000120. The Bertz CT molecular complexity index is 3750. The van der Waals surface area contributed by atoms with Crippen molar-refractivity contribution in [1.82, 2.24) is 0 Å². The summed E-state index contributed by atoms with van der Waals surface area (Å²) in [4.78, 5) is 0. The van der Waals surface area contributed by atoms with Crippen molar-refractivity contribution in [2.75, 3.05) is 0 Å². The fourth-order valence-electron chi connectivity index (χ4n) is 6.56. The van der Waals surface area contributed by atoms with Crippen LogP contribution in [0.3, 0.4) is 0 Å². The molecule has 0 heteroatoms. The minimum absolute atomic E-state index is 0. The minimum Gasteiger partial charge on any atom is -0.0776 e. The van der Waals surface area contributed by atoms with Gasteiger partial charge in [-0.3, -0.25) is 0 Å². The lowest BCUT2D eigenvalue weighted by atomic mass is 9.92. The van der Waals surface area contributed by atoms with Gasteiger partial charge in [-0.25, -0.2) is 0 Å². The molecule has 0 aliphatic heterocycles. The van der Waals surface area contributed by atoms with Crippen molar-refractivity contribution in [3.05, 3.63) is 274 Å². The van der Waals surface area contributed by atoms with E-state index in [9.17, 15) is 0 Å². The van der Waals surface area contributed by atoms with E-state index in [4.69, 9.17) is 30.2 Å². The normalized spacial score (nSPS) is 13.9. The average molecular weight is 1140 g/mol. The Morgan fingerprint density at radius 1 is 0.373 bits per heavy atom. The van der Waals surface area contributed by atoms with Gasteiger partial charge in [0.25, 0.3) is 0 Å². The third kappa shape index (κ3) is 34.9. The highest BCUT2D eigenvalue weighted by Gasteiger charge is 2.09. The second kappa shape index (κ2) is 46.5. The molecule has 0 unspecified atom stereocenters. The van der Waals surface area contributed by atoms with Crippen LogP contribution in [0.5, 0.6) is 0 Å². The molecule has 9 aromatic rings. The zero-order valence-corrected chi connectivity index (χ0v) is 51.6. The molecule has 0 amide bonds. The Morgan fingerprint density at radius 3 is 1.01 bits per heavy atom. The van der Waals surface area contributed by atoms with Crippen LogP contribution in [-0.4, -0.2) is 0 Å². The van der Waals surface area contributed by atoms with Crippen LogP contribution in [0.1, 0.15) is 204 Å². The van der Waals surface area contributed by atoms with Crippen molar-refractivity contribution in [2.24, 2.45) is 11.3 Å². The molecular formula is C83H118. The molecule has 0 heterocycles. The van der Waals surface area contributed by atoms with Crippen LogP contribution in [0.15, 0.2) is 224 Å². The van der Waals surface area contributed by atoms with E-state index in [1.165, 1.54) is 98.0 Å². The Hall–Kier alpha value is -7.02. The molecule has 0 N–H and O–H groups in total. The predicted molar refractivity (Wildman–Crippen MR) is 384 cm³/mol. The van der Waals surface area contributed by atoms with Crippen molar-refractivity contribution < 1.29 is 30.2 Å². The van der Waals surface area contributed by atoms with Crippen molar-refractivity contribution in [2.45, 2.75) is 186 Å². The molecule has 0 radical (unpaired) electrons. The Morgan fingerprint density at radius 2 is 0.711 bits per heavy atom. The molecule has 9 aromatic carbocycles. The SMILES string of the molecule is C.C.C.CC(C)C.CCC.Cc1c(-c2ccccc2)cccc1-c1ccccc1.Cc1cccc(C)c1C.Cc1ccccc1.[2H]C([2H])(C)C([2H])([2H])C.[2H]C([2H])([2H])C(C)(C)C([2H])([2H])C.[2H]c1c([2H])c(C)c([2H])c(C)c1[2H].[2H]c1c([2H])c([2H])c(-c2cccc(-c3c([2H])c([2H])c(C)c([2H])c3[2H])c2C)c([2H])c1[2H]. The highest BCUT2D eigenvalue weighted by molar-refractivity contribution is 5.79. The molecule has 0 saturated heterocycles. The lowest BCUT2D eigenvalue weighted by Crippen LogP contribution is -2.00. The van der Waals surface area contributed by atoms with Gasteiger partial charge in [-0.05, 0) is 146 Å². The lowest BCUT2D eigenvalue weighted by molar-refractivity contribution is 0.398. The molecule has 0 bridgehead atoms. The number of aryl methyl sites for hydroxylation is 3. The van der Waals surface area contributed by atoms with Gasteiger partial charge in [0.05, 0.1) is 17.8 Å². The molecule has 450 valence electrons. The van der Waals surface area contributed by atoms with Gasteiger partial charge in [-0.1, -0.05) is 370 Å². The summed E-state index contributed by atoms with van der Waals surface area (Å²) in [5.41, 5.74) is 13.4. The van der Waals surface area contributed by atoms with Gasteiger partial charge in [0.2, 0.25) is 0 Å². The molecule has 0 aliphatic carbocycles. The van der Waals surface area contributed by atoms with Crippen LogP contribution >= 0.6 is 0 Å². The van der Waals surface area contributed by atoms with Gasteiger partial charge >= 0.3 is 0 Å². The maximum atomic E-state index is 8.31. The summed E-state index contributed by atoms with van der Waals surface area (Å²) in [6, 6.07) is 46.6. The molecule has 9 rings (SSSR count). The first-order chi connectivity index (χ1) is 46.8. The van der Waals surface area contributed by atoms with E-state index in [1.54, 1.807) is 39.0 Å². The summed E-state index contributed by atoms with van der Waals surface area (Å²) in [6.45, 7) is 32.3. The van der Waals surface area contributed by atoms with E-state index < -0.39 is 49.5 Å². The van der Waals surface area contributed by atoms with Crippen LogP contribution in [0.4, 0.5) is 0 Å². The fourth-order valence-corrected chi connectivity index (χ4v) is 6.56. The van der Waals surface area contributed by atoms with Gasteiger partial charge in [-0.15, -0.1) is 0 Å². The molecule has 83 heavy (non-hydrogen) atoms. The van der Waals surface area contributed by atoms with Crippen LogP contribution in [-0.2, 0) is 0 Å². The van der Waals surface area contributed by atoms with Gasteiger partial charge in [0, 0.05) is 12.3 Å². The smallest absolute Gasteiger partial charge is 0.0629 e. The monoisotopic (exact) mass is 1140 g/mol. The van der Waals surface area contributed by atoms with E-state index in [2.05, 4.69) is 178 Å². The molecule has 0 aliphatic rings. The lowest BCUT2D eigenvalue weighted by Gasteiger charge is -2.12. The molecular weight excluding hydrogens is 997 g/mol. The third-order valence-electron chi connectivity index (χ3n) is 11.2. The molecule has 0 nitrogen and oxygen atoms in total. The fraction of sp³-hybridized carbons (Fsp3) is 0.349. The minimum atomic E-state index is -2.24. The molecule has 0 saturated carbocycles. The second-order valence-corrected chi connectivity index (χ2v) is 19.9. The molecule has 0 atom stereocenters. The zero-order valence-electron chi connectivity index (χ0n) is 73.6. The molecule has 0 fully saturated rings.